The van der Waals surface area contributed by atoms with Gasteiger partial charge in [-0.1, -0.05) is 19.6 Å². The van der Waals surface area contributed by atoms with Crippen LogP contribution in [-0.4, -0.2) is 93.3 Å². The zero-order valence-corrected chi connectivity index (χ0v) is 23.7. The van der Waals surface area contributed by atoms with Crippen LogP contribution in [0.25, 0.3) is 28.4 Å². The molecule has 0 atom stereocenters. The molecule has 5 rings (SSSR count). The summed E-state index contributed by atoms with van der Waals surface area (Å²) in [7, 11) is -1.16. The fourth-order valence-corrected chi connectivity index (χ4v) is 4.94. The van der Waals surface area contributed by atoms with E-state index in [1.54, 1.807) is 29.9 Å². The molecular formula is C25H33N9O4Si. The molecule has 0 bridgehead atoms. The fourth-order valence-electron chi connectivity index (χ4n) is 4.18. The van der Waals surface area contributed by atoms with E-state index in [0.717, 1.165) is 24.8 Å². The largest absolute Gasteiger partial charge is 0.461 e. The summed E-state index contributed by atoms with van der Waals surface area (Å²) in [5.74, 6) is -0.138. The molecule has 0 saturated carbocycles. The molecule has 0 amide bonds. The Bertz CT molecular complexity index is 1430. The average Bonchev–Trinajstić information content (AvgIpc) is 3.56. The third kappa shape index (κ3) is 6.13. The van der Waals surface area contributed by atoms with E-state index >= 15 is 0 Å². The molecule has 14 heteroatoms. The number of nitrogens with zero attached hydrogens (tertiary/aromatic N) is 9. The van der Waals surface area contributed by atoms with Crippen LogP contribution in [0.5, 0.6) is 0 Å². The van der Waals surface area contributed by atoms with Crippen molar-refractivity contribution in [2.45, 2.75) is 39.3 Å². The molecular weight excluding hydrogens is 518 g/mol. The maximum Gasteiger partial charge on any atom is 0.359 e. The summed E-state index contributed by atoms with van der Waals surface area (Å²) >= 11 is 0. The number of pyridine rings is 1. The Hall–Kier alpha value is -3.75. The first-order valence-electron chi connectivity index (χ1n) is 13.0. The zero-order valence-electron chi connectivity index (χ0n) is 22.7. The number of carbonyl (C=O) groups is 1. The summed E-state index contributed by atoms with van der Waals surface area (Å²) < 4.78 is 18.2. The molecule has 1 fully saturated rings. The zero-order chi connectivity index (χ0) is 27.4. The predicted molar refractivity (Wildman–Crippen MR) is 146 cm³/mol. The molecule has 4 aromatic rings. The molecule has 1 saturated heterocycles. The maximum atomic E-state index is 12.9. The van der Waals surface area contributed by atoms with Gasteiger partial charge in [0.25, 0.3) is 0 Å². The molecule has 39 heavy (non-hydrogen) atoms. The quantitative estimate of drug-likeness (QED) is 0.164. The summed E-state index contributed by atoms with van der Waals surface area (Å²) in [5.41, 5.74) is 3.33. The van der Waals surface area contributed by atoms with Gasteiger partial charge in [-0.3, -0.25) is 4.98 Å². The van der Waals surface area contributed by atoms with Gasteiger partial charge >= 0.3 is 5.97 Å². The number of esters is 1. The van der Waals surface area contributed by atoms with Crippen molar-refractivity contribution in [2.75, 3.05) is 44.4 Å². The number of carbonyl (C=O) groups excluding carboxylic acids is 1. The number of morpholine rings is 1. The minimum Gasteiger partial charge on any atom is -0.461 e. The lowest BCUT2D eigenvalue weighted by molar-refractivity contribution is 0.0521. The maximum absolute atomic E-state index is 12.9. The first-order chi connectivity index (χ1) is 18.8. The number of hydrogen-bond acceptors (Lipinski definition) is 11. The van der Waals surface area contributed by atoms with Crippen LogP contribution in [0, 0.1) is 0 Å². The van der Waals surface area contributed by atoms with Crippen LogP contribution in [0.4, 0.5) is 5.69 Å². The molecule has 0 spiro atoms. The van der Waals surface area contributed by atoms with Gasteiger partial charge in [0.2, 0.25) is 5.82 Å². The van der Waals surface area contributed by atoms with Gasteiger partial charge in [-0.25, -0.2) is 14.3 Å². The Morgan fingerprint density at radius 2 is 1.97 bits per heavy atom. The molecule has 0 aromatic carbocycles. The lowest BCUT2D eigenvalue weighted by Gasteiger charge is -2.28. The van der Waals surface area contributed by atoms with Gasteiger partial charge in [0.15, 0.2) is 18.1 Å². The molecule has 1 aliphatic rings. The van der Waals surface area contributed by atoms with E-state index in [1.165, 1.54) is 4.80 Å². The Balaban J connectivity index is 1.42. The van der Waals surface area contributed by atoms with Crippen molar-refractivity contribution in [1.82, 2.24) is 39.8 Å². The third-order valence-corrected chi connectivity index (χ3v) is 7.94. The third-order valence-electron chi connectivity index (χ3n) is 6.24. The van der Waals surface area contributed by atoms with Crippen LogP contribution in [0.2, 0.25) is 25.7 Å². The van der Waals surface area contributed by atoms with E-state index in [-0.39, 0.29) is 19.0 Å². The van der Waals surface area contributed by atoms with Crippen LogP contribution in [0.1, 0.15) is 17.4 Å². The van der Waals surface area contributed by atoms with E-state index < -0.39 is 14.0 Å². The second-order valence-electron chi connectivity index (χ2n) is 10.3. The van der Waals surface area contributed by atoms with Crippen molar-refractivity contribution < 1.29 is 19.0 Å². The Kier molecular flexibility index (Phi) is 7.95. The highest BCUT2D eigenvalue weighted by Gasteiger charge is 2.26. The number of imidazole rings is 1. The van der Waals surface area contributed by atoms with Crippen LogP contribution in [-0.2, 0) is 20.9 Å². The highest BCUT2D eigenvalue weighted by atomic mass is 28.3. The smallest absolute Gasteiger partial charge is 0.359 e. The van der Waals surface area contributed by atoms with Gasteiger partial charge in [0.1, 0.15) is 11.4 Å². The predicted octanol–water partition coefficient (Wildman–Crippen LogP) is 2.77. The van der Waals surface area contributed by atoms with E-state index in [4.69, 9.17) is 14.2 Å². The van der Waals surface area contributed by atoms with Crippen molar-refractivity contribution in [3.63, 3.8) is 0 Å². The first kappa shape index (κ1) is 26.8. The van der Waals surface area contributed by atoms with Gasteiger partial charge in [0, 0.05) is 39.5 Å². The molecule has 0 radical (unpaired) electrons. The van der Waals surface area contributed by atoms with Gasteiger partial charge < -0.3 is 19.1 Å². The number of rotatable bonds is 10. The SMILES string of the molecule is CCOC(=O)c1nc2c(N3CCOCC3)ccnn2c1-c1ccc(-c2nnn(COCC[Si](C)(C)C)n2)nc1. The van der Waals surface area contributed by atoms with Crippen LogP contribution < -0.4 is 4.90 Å². The van der Waals surface area contributed by atoms with Gasteiger partial charge in [-0.2, -0.15) is 5.10 Å². The summed E-state index contributed by atoms with van der Waals surface area (Å²) in [4.78, 5) is 25.8. The van der Waals surface area contributed by atoms with E-state index in [1.807, 2.05) is 12.1 Å². The highest BCUT2D eigenvalue weighted by molar-refractivity contribution is 6.76. The topological polar surface area (TPSA) is 135 Å². The van der Waals surface area contributed by atoms with Crippen molar-refractivity contribution >= 4 is 25.4 Å². The van der Waals surface area contributed by atoms with Crippen molar-refractivity contribution in [3.8, 4) is 22.8 Å². The van der Waals surface area contributed by atoms with Crippen LogP contribution in [0.3, 0.4) is 0 Å². The number of tetrazole rings is 1. The van der Waals surface area contributed by atoms with Crippen molar-refractivity contribution in [2.24, 2.45) is 0 Å². The first-order valence-corrected chi connectivity index (χ1v) is 16.7. The van der Waals surface area contributed by atoms with Gasteiger partial charge in [0.05, 0.1) is 31.7 Å². The Morgan fingerprint density at radius 3 is 2.69 bits per heavy atom. The van der Waals surface area contributed by atoms with Crippen molar-refractivity contribution in [3.05, 3.63) is 36.3 Å². The number of hydrogen-bond donors (Lipinski definition) is 0. The minimum atomic E-state index is -1.16. The normalized spacial score (nSPS) is 14.2. The number of fused-ring (bicyclic) bond motifs is 1. The van der Waals surface area contributed by atoms with Gasteiger partial charge in [-0.05, 0) is 36.4 Å². The molecule has 13 nitrogen and oxygen atoms in total. The average molecular weight is 552 g/mol. The number of ether oxygens (including phenoxy) is 3. The molecule has 0 aliphatic carbocycles. The standard InChI is InChI=1S/C25H33N9O4Si/c1-5-38-25(35)21-22(34-24(28-21)20(8-9-27-34)32-10-12-36-13-11-32)18-6-7-19(26-16-18)23-29-31-33(30-23)17-37-14-15-39(2,3)4/h6-9,16H,5,10-15,17H2,1-4H3. The van der Waals surface area contributed by atoms with Crippen LogP contribution in [0.15, 0.2) is 30.6 Å². The summed E-state index contributed by atoms with van der Waals surface area (Å²) in [6, 6.07) is 6.58. The van der Waals surface area contributed by atoms with E-state index in [0.29, 0.717) is 48.2 Å². The minimum absolute atomic E-state index is 0.180. The fraction of sp³-hybridized carbons (Fsp3) is 0.480. The molecule has 4 aromatic heterocycles. The monoisotopic (exact) mass is 551 g/mol. The van der Waals surface area contributed by atoms with E-state index in [9.17, 15) is 4.79 Å². The second kappa shape index (κ2) is 11.6. The number of aromatic nitrogens is 8. The number of anilines is 1. The lowest BCUT2D eigenvalue weighted by Crippen LogP contribution is -2.36. The lowest BCUT2D eigenvalue weighted by atomic mass is 10.1. The molecule has 1 aliphatic heterocycles. The molecule has 206 valence electrons. The second-order valence-corrected chi connectivity index (χ2v) is 16.0. The Morgan fingerprint density at radius 1 is 1.15 bits per heavy atom. The van der Waals surface area contributed by atoms with E-state index in [2.05, 4.69) is 55.0 Å². The van der Waals surface area contributed by atoms with Crippen molar-refractivity contribution in [1.29, 1.82) is 0 Å². The van der Waals surface area contributed by atoms with Crippen LogP contribution >= 0.6 is 0 Å². The summed E-state index contributed by atoms with van der Waals surface area (Å²) in [6.07, 6.45) is 3.35. The summed E-state index contributed by atoms with van der Waals surface area (Å²) in [5, 5.41) is 17.1. The molecule has 0 N–H and O–H groups in total. The summed E-state index contributed by atoms with van der Waals surface area (Å²) in [6.45, 7) is 12.5. The Labute approximate surface area is 227 Å². The molecule has 0 unspecified atom stereocenters. The van der Waals surface area contributed by atoms with Gasteiger partial charge in [-0.15, -0.1) is 15.0 Å². The highest BCUT2D eigenvalue weighted by Crippen LogP contribution is 2.30. The molecule has 5 heterocycles.